The molecular weight excluding hydrogens is 250 g/mol. The third-order valence-corrected chi connectivity index (χ3v) is 3.60. The summed E-state index contributed by atoms with van der Waals surface area (Å²) in [7, 11) is 5.82. The standard InChI is InChI=1S/C16H23N3O/c1-12-7-8-13-10-17-11-14(13)16(12)19(4)15(20)6-5-9-18(2)3/h5-8,17H,9-11H2,1-4H3/b6-5+. The SMILES string of the molecule is Cc1ccc2c(c1N(C)C(=O)/C=C/CN(C)C)CNC2. The Morgan fingerprint density at radius 3 is 2.75 bits per heavy atom. The fourth-order valence-corrected chi connectivity index (χ4v) is 2.53. The molecule has 1 aromatic rings. The second-order valence-electron chi connectivity index (χ2n) is 5.53. The highest BCUT2D eigenvalue weighted by Crippen LogP contribution is 2.30. The summed E-state index contributed by atoms with van der Waals surface area (Å²) in [6.45, 7) is 4.56. The summed E-state index contributed by atoms with van der Waals surface area (Å²) in [4.78, 5) is 16.1. The summed E-state index contributed by atoms with van der Waals surface area (Å²) in [5.74, 6) is 0.0234. The van der Waals surface area contributed by atoms with Crippen LogP contribution in [0.4, 0.5) is 5.69 Å². The van der Waals surface area contributed by atoms with Crippen molar-refractivity contribution < 1.29 is 4.79 Å². The maximum atomic E-state index is 12.3. The second kappa shape index (κ2) is 6.20. The van der Waals surface area contributed by atoms with Gasteiger partial charge in [0.15, 0.2) is 0 Å². The van der Waals surface area contributed by atoms with Gasteiger partial charge in [-0.25, -0.2) is 0 Å². The number of amides is 1. The molecule has 1 aliphatic heterocycles. The first kappa shape index (κ1) is 14.8. The van der Waals surface area contributed by atoms with Crippen LogP contribution in [0.2, 0.25) is 0 Å². The van der Waals surface area contributed by atoms with Gasteiger partial charge < -0.3 is 15.1 Å². The number of rotatable bonds is 4. The van der Waals surface area contributed by atoms with Crippen molar-refractivity contribution in [3.8, 4) is 0 Å². The molecule has 4 heteroatoms. The number of fused-ring (bicyclic) bond motifs is 1. The Bertz CT molecular complexity index is 535. The molecule has 0 aliphatic carbocycles. The van der Waals surface area contributed by atoms with Crippen LogP contribution in [0.25, 0.3) is 0 Å². The molecule has 0 radical (unpaired) electrons. The summed E-state index contributed by atoms with van der Waals surface area (Å²) < 4.78 is 0. The van der Waals surface area contributed by atoms with Crippen LogP contribution in [0.5, 0.6) is 0 Å². The Hall–Kier alpha value is -1.65. The molecule has 1 N–H and O–H groups in total. The molecule has 1 heterocycles. The number of nitrogens with one attached hydrogen (secondary N) is 1. The van der Waals surface area contributed by atoms with Gasteiger partial charge in [0.05, 0.1) is 5.69 Å². The minimum absolute atomic E-state index is 0.0234. The first-order chi connectivity index (χ1) is 9.50. The third-order valence-electron chi connectivity index (χ3n) is 3.60. The number of hydrogen-bond acceptors (Lipinski definition) is 3. The van der Waals surface area contributed by atoms with Gasteiger partial charge in [-0.2, -0.15) is 0 Å². The fraction of sp³-hybridized carbons (Fsp3) is 0.438. The van der Waals surface area contributed by atoms with Gasteiger partial charge in [0.25, 0.3) is 0 Å². The van der Waals surface area contributed by atoms with Crippen molar-refractivity contribution in [1.82, 2.24) is 10.2 Å². The van der Waals surface area contributed by atoms with Crippen LogP contribution in [0.15, 0.2) is 24.3 Å². The number of hydrogen-bond donors (Lipinski definition) is 1. The predicted molar refractivity (Wildman–Crippen MR) is 82.8 cm³/mol. The lowest BCUT2D eigenvalue weighted by Crippen LogP contribution is -2.26. The first-order valence-electron chi connectivity index (χ1n) is 6.91. The minimum Gasteiger partial charge on any atom is -0.311 e. The van der Waals surface area contributed by atoms with Crippen molar-refractivity contribution in [2.24, 2.45) is 0 Å². The largest absolute Gasteiger partial charge is 0.311 e. The summed E-state index contributed by atoms with van der Waals surface area (Å²) in [6, 6.07) is 4.24. The Morgan fingerprint density at radius 1 is 1.30 bits per heavy atom. The molecule has 1 aliphatic rings. The smallest absolute Gasteiger partial charge is 0.250 e. The van der Waals surface area contributed by atoms with E-state index in [-0.39, 0.29) is 5.91 Å². The number of likely N-dealkylation sites (N-methyl/N-ethyl adjacent to an activating group) is 2. The van der Waals surface area contributed by atoms with E-state index in [9.17, 15) is 4.79 Å². The van der Waals surface area contributed by atoms with Crippen LogP contribution in [0, 0.1) is 6.92 Å². The Balaban J connectivity index is 2.21. The number of nitrogens with zero attached hydrogens (tertiary/aromatic N) is 2. The lowest BCUT2D eigenvalue weighted by molar-refractivity contribution is -0.113. The van der Waals surface area contributed by atoms with E-state index in [1.165, 1.54) is 11.1 Å². The molecule has 2 rings (SSSR count). The van der Waals surface area contributed by atoms with E-state index in [2.05, 4.69) is 24.4 Å². The van der Waals surface area contributed by atoms with Crippen LogP contribution in [0.3, 0.4) is 0 Å². The van der Waals surface area contributed by atoms with Gasteiger partial charge in [-0.05, 0) is 37.7 Å². The van der Waals surface area contributed by atoms with Gasteiger partial charge in [0.1, 0.15) is 0 Å². The zero-order valence-electron chi connectivity index (χ0n) is 12.7. The molecule has 0 saturated carbocycles. The highest BCUT2D eigenvalue weighted by Gasteiger charge is 2.20. The average molecular weight is 273 g/mol. The Kier molecular flexibility index (Phi) is 4.57. The van der Waals surface area contributed by atoms with E-state index in [0.717, 1.165) is 30.9 Å². The third kappa shape index (κ3) is 3.08. The normalized spacial score (nSPS) is 14.1. The molecule has 0 spiro atoms. The van der Waals surface area contributed by atoms with E-state index in [1.807, 2.05) is 32.1 Å². The number of carbonyl (C=O) groups is 1. The van der Waals surface area contributed by atoms with Gasteiger partial charge in [0, 0.05) is 32.8 Å². The predicted octanol–water partition coefficient (Wildman–Crippen LogP) is 1.68. The maximum Gasteiger partial charge on any atom is 0.250 e. The number of anilines is 1. The van der Waals surface area contributed by atoms with E-state index in [4.69, 9.17) is 0 Å². The topological polar surface area (TPSA) is 35.6 Å². The molecule has 4 nitrogen and oxygen atoms in total. The van der Waals surface area contributed by atoms with Crippen molar-refractivity contribution in [3.63, 3.8) is 0 Å². The van der Waals surface area contributed by atoms with Gasteiger partial charge in [-0.3, -0.25) is 4.79 Å². The quantitative estimate of drug-likeness (QED) is 0.848. The van der Waals surface area contributed by atoms with Gasteiger partial charge >= 0.3 is 0 Å². The molecular formula is C16H23N3O. The summed E-state index contributed by atoms with van der Waals surface area (Å²) in [5, 5.41) is 3.34. The second-order valence-corrected chi connectivity index (χ2v) is 5.53. The van der Waals surface area contributed by atoms with Crippen LogP contribution in [-0.2, 0) is 17.9 Å². The number of benzene rings is 1. The van der Waals surface area contributed by atoms with Crippen molar-refractivity contribution in [3.05, 3.63) is 41.0 Å². The lowest BCUT2D eigenvalue weighted by atomic mass is 10.0. The molecule has 0 bridgehead atoms. The maximum absolute atomic E-state index is 12.3. The van der Waals surface area contributed by atoms with Gasteiger partial charge in [-0.15, -0.1) is 0 Å². The first-order valence-corrected chi connectivity index (χ1v) is 6.91. The van der Waals surface area contributed by atoms with Crippen molar-refractivity contribution in [2.45, 2.75) is 20.0 Å². The molecule has 20 heavy (non-hydrogen) atoms. The molecule has 0 atom stereocenters. The molecule has 0 saturated heterocycles. The zero-order chi connectivity index (χ0) is 14.7. The molecule has 108 valence electrons. The molecule has 1 amide bonds. The molecule has 0 aromatic heterocycles. The van der Waals surface area contributed by atoms with Crippen molar-refractivity contribution >= 4 is 11.6 Å². The van der Waals surface area contributed by atoms with E-state index < -0.39 is 0 Å². The van der Waals surface area contributed by atoms with E-state index in [1.54, 1.807) is 11.0 Å². The van der Waals surface area contributed by atoms with Gasteiger partial charge in [-0.1, -0.05) is 18.2 Å². The number of aryl methyl sites for hydroxylation is 1. The number of carbonyl (C=O) groups excluding carboxylic acids is 1. The summed E-state index contributed by atoms with van der Waals surface area (Å²) >= 11 is 0. The monoisotopic (exact) mass is 273 g/mol. The molecule has 0 unspecified atom stereocenters. The molecule has 1 aromatic carbocycles. The van der Waals surface area contributed by atoms with Crippen molar-refractivity contribution in [1.29, 1.82) is 0 Å². The van der Waals surface area contributed by atoms with Gasteiger partial charge in [0.2, 0.25) is 5.91 Å². The van der Waals surface area contributed by atoms with Crippen molar-refractivity contribution in [2.75, 3.05) is 32.6 Å². The minimum atomic E-state index is 0.0234. The summed E-state index contributed by atoms with van der Waals surface area (Å²) in [5.41, 5.74) is 4.74. The Morgan fingerprint density at radius 2 is 2.05 bits per heavy atom. The highest BCUT2D eigenvalue weighted by molar-refractivity contribution is 6.02. The Labute approximate surface area is 121 Å². The highest BCUT2D eigenvalue weighted by atomic mass is 16.2. The van der Waals surface area contributed by atoms with Crippen LogP contribution >= 0.6 is 0 Å². The lowest BCUT2D eigenvalue weighted by Gasteiger charge is -2.21. The van der Waals surface area contributed by atoms with Crippen LogP contribution in [0.1, 0.15) is 16.7 Å². The fourth-order valence-electron chi connectivity index (χ4n) is 2.53. The summed E-state index contributed by atoms with van der Waals surface area (Å²) in [6.07, 6.45) is 3.55. The average Bonchev–Trinajstić information content (AvgIpc) is 2.85. The van der Waals surface area contributed by atoms with E-state index in [0.29, 0.717) is 0 Å². The molecule has 0 fully saturated rings. The zero-order valence-corrected chi connectivity index (χ0v) is 12.7. The van der Waals surface area contributed by atoms with Crippen LogP contribution < -0.4 is 10.2 Å². The van der Waals surface area contributed by atoms with Crippen LogP contribution in [-0.4, -0.2) is 38.5 Å². The van der Waals surface area contributed by atoms with E-state index >= 15 is 0 Å².